The summed E-state index contributed by atoms with van der Waals surface area (Å²) >= 11 is 1.57. The van der Waals surface area contributed by atoms with Gasteiger partial charge in [0.05, 0.1) is 0 Å². The second kappa shape index (κ2) is 6.86. The molecule has 0 saturated heterocycles. The minimum Gasteiger partial charge on any atom is -0.280 e. The van der Waals surface area contributed by atoms with Crippen molar-refractivity contribution in [2.75, 3.05) is 0 Å². The van der Waals surface area contributed by atoms with Crippen molar-refractivity contribution in [2.24, 2.45) is 20.0 Å². The van der Waals surface area contributed by atoms with Gasteiger partial charge in [-0.1, -0.05) is 27.7 Å². The second-order valence-electron chi connectivity index (χ2n) is 6.28. The van der Waals surface area contributed by atoms with Crippen LogP contribution in [0.5, 0.6) is 0 Å². The maximum Gasteiger partial charge on any atom is 0.332 e. The zero-order valence-corrected chi connectivity index (χ0v) is 15.4. The van der Waals surface area contributed by atoms with E-state index in [2.05, 4.69) is 37.7 Å². The maximum atomic E-state index is 12.6. The summed E-state index contributed by atoms with van der Waals surface area (Å²) in [4.78, 5) is 33.9. The van der Waals surface area contributed by atoms with Crippen molar-refractivity contribution in [3.05, 3.63) is 26.7 Å². The van der Waals surface area contributed by atoms with E-state index in [-0.39, 0.29) is 11.2 Å². The lowest BCUT2D eigenvalue weighted by Crippen LogP contribution is -2.38. The average molecular weight is 336 g/mol. The van der Waals surface area contributed by atoms with E-state index in [0.29, 0.717) is 39.5 Å². The number of hydrogen-bond donors (Lipinski definition) is 0. The van der Waals surface area contributed by atoms with E-state index < -0.39 is 0 Å². The van der Waals surface area contributed by atoms with Crippen LogP contribution < -0.4 is 11.2 Å². The standard InChI is InChI=1S/C16H24N4O2S/c1-7-10(4)23-14-12-13(17-11(18-14)8-9(2)3)19(5)16(22)20(6)15(12)21/h9-10H,7-8H2,1-6H3/t10-/m1/s1. The molecule has 0 aromatic carbocycles. The summed E-state index contributed by atoms with van der Waals surface area (Å²) in [7, 11) is 3.14. The molecule has 0 radical (unpaired) electrons. The topological polar surface area (TPSA) is 69.8 Å². The molecule has 7 heteroatoms. The van der Waals surface area contributed by atoms with Crippen LogP contribution >= 0.6 is 11.8 Å². The van der Waals surface area contributed by atoms with E-state index in [1.807, 2.05) is 0 Å². The van der Waals surface area contributed by atoms with E-state index in [9.17, 15) is 9.59 Å². The van der Waals surface area contributed by atoms with Crippen LogP contribution in [-0.4, -0.2) is 24.4 Å². The zero-order valence-electron chi connectivity index (χ0n) is 14.6. The van der Waals surface area contributed by atoms with Crippen LogP contribution in [0.3, 0.4) is 0 Å². The van der Waals surface area contributed by atoms with E-state index >= 15 is 0 Å². The normalized spacial score (nSPS) is 13.0. The molecule has 2 aromatic heterocycles. The van der Waals surface area contributed by atoms with Crippen LogP contribution in [0.15, 0.2) is 14.6 Å². The molecule has 126 valence electrons. The molecule has 0 fully saturated rings. The Balaban J connectivity index is 2.83. The molecule has 0 aliphatic carbocycles. The highest BCUT2D eigenvalue weighted by atomic mass is 32.2. The Morgan fingerprint density at radius 1 is 1.09 bits per heavy atom. The van der Waals surface area contributed by atoms with Gasteiger partial charge in [-0.15, -0.1) is 11.8 Å². The Morgan fingerprint density at radius 2 is 1.74 bits per heavy atom. The molecule has 0 saturated carbocycles. The first kappa shape index (κ1) is 17.7. The van der Waals surface area contributed by atoms with Crippen molar-refractivity contribution in [1.29, 1.82) is 0 Å². The Labute approximate surface area is 140 Å². The summed E-state index contributed by atoms with van der Waals surface area (Å²) in [6, 6.07) is 0. The van der Waals surface area contributed by atoms with Crippen molar-refractivity contribution >= 4 is 22.8 Å². The fourth-order valence-electron chi connectivity index (χ4n) is 2.29. The van der Waals surface area contributed by atoms with Gasteiger partial charge < -0.3 is 0 Å². The Morgan fingerprint density at radius 3 is 2.30 bits per heavy atom. The highest BCUT2D eigenvalue weighted by molar-refractivity contribution is 8.00. The Hall–Kier alpha value is -1.63. The second-order valence-corrected chi connectivity index (χ2v) is 7.71. The monoisotopic (exact) mass is 336 g/mol. The molecule has 0 amide bonds. The Bertz CT molecular complexity index is 839. The van der Waals surface area contributed by atoms with Crippen LogP contribution in [0.4, 0.5) is 0 Å². The highest BCUT2D eigenvalue weighted by Crippen LogP contribution is 2.28. The molecule has 0 aliphatic heterocycles. The Kier molecular flexibility index (Phi) is 5.29. The summed E-state index contributed by atoms with van der Waals surface area (Å²) in [6.07, 6.45) is 1.69. The smallest absolute Gasteiger partial charge is 0.280 e. The third-order valence-corrected chi connectivity index (χ3v) is 5.05. The molecular weight excluding hydrogens is 312 g/mol. The van der Waals surface area contributed by atoms with Crippen LogP contribution in [0.2, 0.25) is 0 Å². The molecule has 0 unspecified atom stereocenters. The number of fused-ring (bicyclic) bond motifs is 1. The quantitative estimate of drug-likeness (QED) is 0.618. The van der Waals surface area contributed by atoms with E-state index in [0.717, 1.165) is 11.0 Å². The molecule has 6 nitrogen and oxygen atoms in total. The summed E-state index contributed by atoms with van der Waals surface area (Å²) < 4.78 is 2.55. The minimum atomic E-state index is -0.365. The number of aromatic nitrogens is 4. The van der Waals surface area contributed by atoms with Crippen LogP contribution in [0.1, 0.15) is 39.9 Å². The van der Waals surface area contributed by atoms with Crippen LogP contribution in [0, 0.1) is 5.92 Å². The number of nitrogens with zero attached hydrogens (tertiary/aromatic N) is 4. The van der Waals surface area contributed by atoms with Crippen molar-refractivity contribution in [3.8, 4) is 0 Å². The molecule has 0 N–H and O–H groups in total. The van der Waals surface area contributed by atoms with Gasteiger partial charge in [0, 0.05) is 25.8 Å². The molecule has 2 rings (SSSR count). The summed E-state index contributed by atoms with van der Waals surface area (Å²) in [5.41, 5.74) is -0.268. The SMILES string of the molecule is CC[C@@H](C)Sc1nc(CC(C)C)nc2c1c(=O)n(C)c(=O)n2C. The number of rotatable bonds is 5. The van der Waals surface area contributed by atoms with Gasteiger partial charge in [-0.05, 0) is 12.3 Å². The first-order chi connectivity index (χ1) is 10.8. The van der Waals surface area contributed by atoms with E-state index in [1.165, 1.54) is 11.6 Å². The molecule has 1 atom stereocenters. The number of aryl methyl sites for hydroxylation is 1. The molecule has 0 spiro atoms. The fraction of sp³-hybridized carbons (Fsp3) is 0.625. The van der Waals surface area contributed by atoms with Crippen LogP contribution in [-0.2, 0) is 20.5 Å². The van der Waals surface area contributed by atoms with Gasteiger partial charge in [0.1, 0.15) is 16.2 Å². The predicted molar refractivity (Wildman–Crippen MR) is 94.2 cm³/mol. The third kappa shape index (κ3) is 3.49. The lowest BCUT2D eigenvalue weighted by atomic mass is 10.1. The summed E-state index contributed by atoms with van der Waals surface area (Å²) in [6.45, 7) is 8.40. The van der Waals surface area contributed by atoms with Gasteiger partial charge in [-0.2, -0.15) is 0 Å². The molecule has 0 bridgehead atoms. The first-order valence-electron chi connectivity index (χ1n) is 7.89. The first-order valence-corrected chi connectivity index (χ1v) is 8.77. The number of thioether (sulfide) groups is 1. The average Bonchev–Trinajstić information content (AvgIpc) is 2.49. The lowest BCUT2D eigenvalue weighted by molar-refractivity contribution is 0.613. The minimum absolute atomic E-state index is 0.329. The van der Waals surface area contributed by atoms with Gasteiger partial charge in [0.15, 0.2) is 5.65 Å². The van der Waals surface area contributed by atoms with Gasteiger partial charge in [-0.25, -0.2) is 14.8 Å². The largest absolute Gasteiger partial charge is 0.332 e. The van der Waals surface area contributed by atoms with Gasteiger partial charge >= 0.3 is 5.69 Å². The van der Waals surface area contributed by atoms with Crippen molar-refractivity contribution in [2.45, 2.75) is 50.8 Å². The molecule has 23 heavy (non-hydrogen) atoms. The van der Waals surface area contributed by atoms with E-state index in [1.54, 1.807) is 18.8 Å². The summed E-state index contributed by atoms with van der Waals surface area (Å²) in [5.74, 6) is 1.08. The van der Waals surface area contributed by atoms with Gasteiger partial charge in [0.2, 0.25) is 0 Å². The van der Waals surface area contributed by atoms with Crippen molar-refractivity contribution in [1.82, 2.24) is 19.1 Å². The third-order valence-electron chi connectivity index (χ3n) is 3.79. The zero-order chi connectivity index (χ0) is 17.3. The highest BCUT2D eigenvalue weighted by Gasteiger charge is 2.19. The fourth-order valence-corrected chi connectivity index (χ4v) is 3.29. The van der Waals surface area contributed by atoms with Gasteiger partial charge in [0.25, 0.3) is 5.56 Å². The summed E-state index contributed by atoms with van der Waals surface area (Å²) in [5, 5.41) is 1.45. The lowest BCUT2D eigenvalue weighted by Gasteiger charge is -2.14. The maximum absolute atomic E-state index is 12.6. The number of hydrogen-bond acceptors (Lipinski definition) is 5. The molecule has 0 aliphatic rings. The van der Waals surface area contributed by atoms with Crippen LogP contribution in [0.25, 0.3) is 11.0 Å². The van der Waals surface area contributed by atoms with E-state index in [4.69, 9.17) is 0 Å². The molecule has 2 aromatic rings. The van der Waals surface area contributed by atoms with Gasteiger partial charge in [-0.3, -0.25) is 13.9 Å². The molecule has 2 heterocycles. The molecular formula is C16H24N4O2S. The predicted octanol–water partition coefficient (Wildman–Crippen LogP) is 2.12. The van der Waals surface area contributed by atoms with Crippen molar-refractivity contribution < 1.29 is 0 Å². The van der Waals surface area contributed by atoms with Crippen molar-refractivity contribution in [3.63, 3.8) is 0 Å².